The number of aliphatic hydroxyl groups is 1. The molecule has 1 fully saturated rings. The molecule has 0 heterocycles. The molecule has 1 rings (SSSR count). The van der Waals surface area contributed by atoms with Crippen LogP contribution in [0.1, 0.15) is 52.4 Å². The first-order valence-corrected chi connectivity index (χ1v) is 5.91. The highest BCUT2D eigenvalue weighted by Gasteiger charge is 2.18. The molecule has 1 atom stereocenters. The van der Waals surface area contributed by atoms with Gasteiger partial charge < -0.3 is 5.11 Å². The van der Waals surface area contributed by atoms with Crippen molar-refractivity contribution < 1.29 is 5.11 Å². The molecule has 1 nitrogen and oxygen atoms in total. The van der Waals surface area contributed by atoms with Crippen LogP contribution in [0.15, 0.2) is 0 Å². The van der Waals surface area contributed by atoms with Crippen LogP contribution in [0.2, 0.25) is 0 Å². The van der Waals surface area contributed by atoms with Crippen molar-refractivity contribution in [3.05, 3.63) is 0 Å². The van der Waals surface area contributed by atoms with E-state index in [-0.39, 0.29) is 0 Å². The predicted molar refractivity (Wildman–Crippen MR) is 59.8 cm³/mol. The van der Waals surface area contributed by atoms with Gasteiger partial charge in [0.2, 0.25) is 0 Å². The fraction of sp³-hybridized carbons (Fsp3) is 0.846. The quantitative estimate of drug-likeness (QED) is 0.670. The third kappa shape index (κ3) is 4.15. The van der Waals surface area contributed by atoms with Gasteiger partial charge in [-0.2, -0.15) is 0 Å². The van der Waals surface area contributed by atoms with Crippen LogP contribution >= 0.6 is 0 Å². The highest BCUT2D eigenvalue weighted by Crippen LogP contribution is 2.30. The molecule has 0 aliphatic heterocycles. The minimum Gasteiger partial charge on any atom is -0.381 e. The van der Waals surface area contributed by atoms with Gasteiger partial charge in [-0.05, 0) is 38.5 Å². The van der Waals surface area contributed by atoms with Gasteiger partial charge in [0, 0.05) is 5.92 Å². The van der Waals surface area contributed by atoms with E-state index in [1.54, 1.807) is 6.92 Å². The van der Waals surface area contributed by atoms with Gasteiger partial charge in [0.1, 0.15) is 6.10 Å². The number of hydrogen-bond acceptors (Lipinski definition) is 1. The molecule has 0 amide bonds. The number of rotatable bonds is 2. The fourth-order valence-corrected chi connectivity index (χ4v) is 2.24. The van der Waals surface area contributed by atoms with Gasteiger partial charge in [0.15, 0.2) is 0 Å². The van der Waals surface area contributed by atoms with Gasteiger partial charge in [0.25, 0.3) is 0 Å². The van der Waals surface area contributed by atoms with Crippen molar-refractivity contribution in [2.75, 3.05) is 0 Å². The fourth-order valence-electron chi connectivity index (χ4n) is 2.24. The van der Waals surface area contributed by atoms with Gasteiger partial charge >= 0.3 is 0 Å². The summed E-state index contributed by atoms with van der Waals surface area (Å²) < 4.78 is 0. The average molecular weight is 194 g/mol. The second kappa shape index (κ2) is 6.09. The second-order valence-corrected chi connectivity index (χ2v) is 4.47. The smallest absolute Gasteiger partial charge is 0.111 e. The van der Waals surface area contributed by atoms with Gasteiger partial charge in [-0.25, -0.2) is 0 Å². The Kier molecular flexibility index (Phi) is 5.04. The molecule has 14 heavy (non-hydrogen) atoms. The summed E-state index contributed by atoms with van der Waals surface area (Å²) in [7, 11) is 0. The Balaban J connectivity index is 2.26. The average Bonchev–Trinajstić information content (AvgIpc) is 2.17. The Morgan fingerprint density at radius 3 is 2.43 bits per heavy atom. The van der Waals surface area contributed by atoms with Gasteiger partial charge in [-0.1, -0.05) is 31.6 Å². The Labute approximate surface area is 87.9 Å². The molecule has 1 aliphatic rings. The molecular formula is C13H22O. The summed E-state index contributed by atoms with van der Waals surface area (Å²) in [6, 6.07) is 0. The summed E-state index contributed by atoms with van der Waals surface area (Å²) in [6.45, 7) is 4.00. The van der Waals surface area contributed by atoms with Crippen LogP contribution in [0, 0.1) is 23.7 Å². The molecule has 0 aromatic carbocycles. The lowest BCUT2D eigenvalue weighted by molar-refractivity contribution is 0.252. The van der Waals surface area contributed by atoms with E-state index in [1.165, 1.54) is 38.5 Å². The van der Waals surface area contributed by atoms with Crippen molar-refractivity contribution >= 4 is 0 Å². The van der Waals surface area contributed by atoms with Crippen molar-refractivity contribution in [3.8, 4) is 11.8 Å². The van der Waals surface area contributed by atoms with Crippen LogP contribution in [0.5, 0.6) is 0 Å². The van der Waals surface area contributed by atoms with Crippen LogP contribution in [-0.4, -0.2) is 11.2 Å². The SMILES string of the molecule is CCCC1CCC(C#CC(C)O)CC1. The summed E-state index contributed by atoms with van der Waals surface area (Å²) in [5.74, 6) is 7.55. The van der Waals surface area contributed by atoms with Crippen LogP contribution in [0.3, 0.4) is 0 Å². The summed E-state index contributed by atoms with van der Waals surface area (Å²) in [4.78, 5) is 0. The lowest BCUT2D eigenvalue weighted by Crippen LogP contribution is -2.13. The zero-order chi connectivity index (χ0) is 10.4. The van der Waals surface area contributed by atoms with Gasteiger partial charge in [-0.3, -0.25) is 0 Å². The predicted octanol–water partition coefficient (Wildman–Crippen LogP) is 2.98. The van der Waals surface area contributed by atoms with E-state index in [0.29, 0.717) is 5.92 Å². The minimum absolute atomic E-state index is 0.455. The molecule has 1 aliphatic carbocycles. The van der Waals surface area contributed by atoms with E-state index >= 15 is 0 Å². The third-order valence-electron chi connectivity index (χ3n) is 3.04. The Hall–Kier alpha value is -0.480. The maximum atomic E-state index is 9.05. The molecule has 1 heteroatoms. The van der Waals surface area contributed by atoms with Crippen molar-refractivity contribution in [2.45, 2.75) is 58.5 Å². The molecule has 0 bridgehead atoms. The summed E-state index contributed by atoms with van der Waals surface area (Å²) >= 11 is 0. The molecule has 1 unspecified atom stereocenters. The molecule has 0 aromatic rings. The maximum absolute atomic E-state index is 9.05. The van der Waals surface area contributed by atoms with Crippen molar-refractivity contribution in [1.29, 1.82) is 0 Å². The van der Waals surface area contributed by atoms with Crippen LogP contribution in [0.25, 0.3) is 0 Å². The Morgan fingerprint density at radius 1 is 1.29 bits per heavy atom. The standard InChI is InChI=1S/C13H22O/c1-3-4-12-7-9-13(10-8-12)6-5-11(2)14/h11-14H,3-4,7-10H2,1-2H3. The van der Waals surface area contributed by atoms with Gasteiger partial charge in [-0.15, -0.1) is 0 Å². The normalized spacial score (nSPS) is 29.1. The molecule has 0 saturated heterocycles. The first-order valence-electron chi connectivity index (χ1n) is 5.91. The van der Waals surface area contributed by atoms with E-state index in [1.807, 2.05) is 0 Å². The monoisotopic (exact) mass is 194 g/mol. The van der Waals surface area contributed by atoms with Crippen LogP contribution in [-0.2, 0) is 0 Å². The molecular weight excluding hydrogens is 172 g/mol. The Bertz CT molecular complexity index is 201. The van der Waals surface area contributed by atoms with Crippen molar-refractivity contribution in [2.24, 2.45) is 11.8 Å². The van der Waals surface area contributed by atoms with Crippen molar-refractivity contribution in [3.63, 3.8) is 0 Å². The molecule has 80 valence electrons. The largest absolute Gasteiger partial charge is 0.381 e. The molecule has 0 spiro atoms. The maximum Gasteiger partial charge on any atom is 0.111 e. The van der Waals surface area contributed by atoms with Crippen LogP contribution < -0.4 is 0 Å². The Morgan fingerprint density at radius 2 is 1.93 bits per heavy atom. The zero-order valence-electron chi connectivity index (χ0n) is 9.42. The number of hydrogen-bond donors (Lipinski definition) is 1. The highest BCUT2D eigenvalue weighted by molar-refractivity contribution is 5.07. The number of aliphatic hydroxyl groups excluding tert-OH is 1. The minimum atomic E-state index is -0.455. The van der Waals surface area contributed by atoms with E-state index in [9.17, 15) is 0 Å². The first kappa shape index (κ1) is 11.6. The lowest BCUT2D eigenvalue weighted by Gasteiger charge is -2.25. The molecule has 0 aromatic heterocycles. The van der Waals surface area contributed by atoms with E-state index in [2.05, 4.69) is 18.8 Å². The van der Waals surface area contributed by atoms with Crippen molar-refractivity contribution in [1.82, 2.24) is 0 Å². The summed E-state index contributed by atoms with van der Waals surface area (Å²) in [6.07, 6.45) is 7.41. The third-order valence-corrected chi connectivity index (χ3v) is 3.04. The summed E-state index contributed by atoms with van der Waals surface area (Å²) in [5, 5.41) is 9.05. The lowest BCUT2D eigenvalue weighted by atomic mass is 9.80. The van der Waals surface area contributed by atoms with E-state index in [4.69, 9.17) is 5.11 Å². The first-order chi connectivity index (χ1) is 6.72. The molecule has 1 saturated carbocycles. The highest BCUT2D eigenvalue weighted by atomic mass is 16.3. The van der Waals surface area contributed by atoms with Gasteiger partial charge in [0.05, 0.1) is 0 Å². The van der Waals surface area contributed by atoms with Crippen LogP contribution in [0.4, 0.5) is 0 Å². The van der Waals surface area contributed by atoms with E-state index in [0.717, 1.165) is 5.92 Å². The zero-order valence-corrected chi connectivity index (χ0v) is 9.42. The molecule has 0 radical (unpaired) electrons. The summed E-state index contributed by atoms with van der Waals surface area (Å²) in [5.41, 5.74) is 0. The second-order valence-electron chi connectivity index (χ2n) is 4.47. The topological polar surface area (TPSA) is 20.2 Å². The molecule has 1 N–H and O–H groups in total. The van der Waals surface area contributed by atoms with E-state index < -0.39 is 6.10 Å².